The minimum atomic E-state index is -1.30. The number of benzene rings is 2. The van der Waals surface area contributed by atoms with E-state index in [9.17, 15) is 14.7 Å². The molecule has 0 aromatic heterocycles. The van der Waals surface area contributed by atoms with E-state index in [2.05, 4.69) is 5.32 Å². The van der Waals surface area contributed by atoms with E-state index in [0.717, 1.165) is 0 Å². The highest BCUT2D eigenvalue weighted by molar-refractivity contribution is 5.79. The van der Waals surface area contributed by atoms with E-state index < -0.39 is 24.3 Å². The first kappa shape index (κ1) is 20.9. The van der Waals surface area contributed by atoms with Crippen LogP contribution in [-0.4, -0.2) is 39.8 Å². The lowest BCUT2D eigenvalue weighted by molar-refractivity contribution is -0.306. The Labute approximate surface area is 163 Å². The normalized spacial score (nSPS) is 11.2. The number of ether oxygens (including phenoxy) is 4. The van der Waals surface area contributed by atoms with Gasteiger partial charge in [-0.15, -0.1) is 0 Å². The molecular formula is C20H22NO7-. The average Bonchev–Trinajstić information content (AvgIpc) is 2.71. The Bertz CT molecular complexity index is 805. The Morgan fingerprint density at radius 3 is 2.14 bits per heavy atom. The molecule has 0 bridgehead atoms. The van der Waals surface area contributed by atoms with Crippen LogP contribution in [0.1, 0.15) is 18.0 Å². The molecule has 1 unspecified atom stereocenters. The first-order valence-corrected chi connectivity index (χ1v) is 8.44. The summed E-state index contributed by atoms with van der Waals surface area (Å²) in [4.78, 5) is 23.4. The highest BCUT2D eigenvalue weighted by atomic mass is 16.5. The number of hydrogen-bond acceptors (Lipinski definition) is 7. The molecular weight excluding hydrogens is 366 g/mol. The minimum absolute atomic E-state index is 0.275. The Morgan fingerprint density at radius 1 is 0.929 bits per heavy atom. The van der Waals surface area contributed by atoms with Crippen molar-refractivity contribution >= 4 is 11.9 Å². The zero-order valence-electron chi connectivity index (χ0n) is 15.9. The van der Waals surface area contributed by atoms with Gasteiger partial charge in [-0.05, 0) is 42.0 Å². The second kappa shape index (κ2) is 10.1. The molecule has 0 radical (unpaired) electrons. The summed E-state index contributed by atoms with van der Waals surface area (Å²) in [6.07, 6.45) is -0.399. The largest absolute Gasteiger partial charge is 0.550 e. The molecule has 2 rings (SSSR count). The van der Waals surface area contributed by atoms with Crippen LogP contribution in [0.4, 0.5) is 0 Å². The number of carboxylic acid groups (broad SMARTS) is 1. The van der Waals surface area contributed by atoms with Crippen LogP contribution < -0.4 is 29.4 Å². The van der Waals surface area contributed by atoms with Gasteiger partial charge in [-0.25, -0.2) is 0 Å². The number of carboxylic acids is 1. The summed E-state index contributed by atoms with van der Waals surface area (Å²) in [6, 6.07) is 10.8. The lowest BCUT2D eigenvalue weighted by atomic mass is 10.0. The zero-order chi connectivity index (χ0) is 20.5. The molecule has 2 aromatic carbocycles. The van der Waals surface area contributed by atoms with Crippen molar-refractivity contribution in [3.63, 3.8) is 0 Å². The van der Waals surface area contributed by atoms with Gasteiger partial charge in [-0.2, -0.15) is 0 Å². The third-order valence-corrected chi connectivity index (χ3v) is 3.95. The molecule has 0 fully saturated rings. The lowest BCUT2D eigenvalue weighted by Gasteiger charge is -2.21. The molecule has 0 aliphatic carbocycles. The highest BCUT2D eigenvalue weighted by Crippen LogP contribution is 2.30. The van der Waals surface area contributed by atoms with E-state index in [-0.39, 0.29) is 6.61 Å². The van der Waals surface area contributed by atoms with E-state index in [1.807, 2.05) is 0 Å². The molecule has 1 N–H and O–H groups in total. The predicted octanol–water partition coefficient (Wildman–Crippen LogP) is 1.09. The number of aliphatic carboxylic acids is 1. The number of amides is 1. The van der Waals surface area contributed by atoms with Crippen LogP contribution in [0.5, 0.6) is 23.0 Å². The SMILES string of the molecule is COc1ccc(OCC(=O)NC(CC(=O)[O-])c2ccc(OC)c(OC)c2)cc1. The van der Waals surface area contributed by atoms with Crippen molar-refractivity contribution in [1.29, 1.82) is 0 Å². The van der Waals surface area contributed by atoms with Crippen LogP contribution in [0.2, 0.25) is 0 Å². The maximum absolute atomic E-state index is 12.3. The molecule has 0 aliphatic rings. The van der Waals surface area contributed by atoms with E-state index in [0.29, 0.717) is 28.6 Å². The maximum Gasteiger partial charge on any atom is 0.258 e. The van der Waals surface area contributed by atoms with E-state index in [1.54, 1.807) is 49.6 Å². The Kier molecular flexibility index (Phi) is 7.50. The van der Waals surface area contributed by atoms with Crippen LogP contribution >= 0.6 is 0 Å². The van der Waals surface area contributed by atoms with Gasteiger partial charge in [-0.1, -0.05) is 6.07 Å². The molecule has 0 saturated carbocycles. The molecule has 0 heterocycles. The van der Waals surface area contributed by atoms with Crippen molar-refractivity contribution in [3.05, 3.63) is 48.0 Å². The Balaban J connectivity index is 2.06. The number of rotatable bonds is 10. The Hall–Kier alpha value is -3.42. The van der Waals surface area contributed by atoms with E-state index >= 15 is 0 Å². The van der Waals surface area contributed by atoms with Gasteiger partial charge in [0.25, 0.3) is 5.91 Å². The van der Waals surface area contributed by atoms with Crippen LogP contribution in [0.15, 0.2) is 42.5 Å². The van der Waals surface area contributed by atoms with Crippen LogP contribution in [0.25, 0.3) is 0 Å². The van der Waals surface area contributed by atoms with Crippen LogP contribution in [0.3, 0.4) is 0 Å². The van der Waals surface area contributed by atoms with Crippen LogP contribution in [-0.2, 0) is 9.59 Å². The first-order valence-electron chi connectivity index (χ1n) is 8.44. The van der Waals surface area contributed by atoms with Crippen molar-refractivity contribution in [3.8, 4) is 23.0 Å². The quantitative estimate of drug-likeness (QED) is 0.649. The topological polar surface area (TPSA) is 106 Å². The molecule has 2 aromatic rings. The lowest BCUT2D eigenvalue weighted by Crippen LogP contribution is -2.36. The molecule has 0 saturated heterocycles. The van der Waals surface area contributed by atoms with Crippen molar-refractivity contribution < 1.29 is 33.6 Å². The minimum Gasteiger partial charge on any atom is -0.550 e. The molecule has 28 heavy (non-hydrogen) atoms. The number of methoxy groups -OCH3 is 3. The molecule has 0 aliphatic heterocycles. The van der Waals surface area contributed by atoms with Crippen LogP contribution in [0, 0.1) is 0 Å². The molecule has 1 atom stereocenters. The van der Waals surface area contributed by atoms with Gasteiger partial charge in [0.1, 0.15) is 11.5 Å². The zero-order valence-corrected chi connectivity index (χ0v) is 15.9. The average molecular weight is 388 g/mol. The van der Waals surface area contributed by atoms with E-state index in [1.165, 1.54) is 14.2 Å². The predicted molar refractivity (Wildman–Crippen MR) is 98.5 cm³/mol. The van der Waals surface area contributed by atoms with Crippen molar-refractivity contribution in [2.24, 2.45) is 0 Å². The molecule has 0 spiro atoms. The fraction of sp³-hybridized carbons (Fsp3) is 0.300. The van der Waals surface area contributed by atoms with Crippen molar-refractivity contribution in [2.45, 2.75) is 12.5 Å². The second-order valence-electron chi connectivity index (χ2n) is 5.77. The number of carbonyl (C=O) groups is 2. The van der Waals surface area contributed by atoms with E-state index in [4.69, 9.17) is 18.9 Å². The third-order valence-electron chi connectivity index (χ3n) is 3.95. The fourth-order valence-electron chi connectivity index (χ4n) is 2.55. The van der Waals surface area contributed by atoms with Gasteiger partial charge in [-0.3, -0.25) is 4.79 Å². The van der Waals surface area contributed by atoms with Gasteiger partial charge in [0, 0.05) is 12.4 Å². The fourth-order valence-corrected chi connectivity index (χ4v) is 2.55. The molecule has 8 nitrogen and oxygen atoms in total. The summed E-state index contributed by atoms with van der Waals surface area (Å²) >= 11 is 0. The van der Waals surface area contributed by atoms with Gasteiger partial charge < -0.3 is 34.2 Å². The summed E-state index contributed by atoms with van der Waals surface area (Å²) in [5.41, 5.74) is 0.541. The number of carbonyl (C=O) groups excluding carboxylic acids is 2. The van der Waals surface area contributed by atoms with Gasteiger partial charge in [0.05, 0.1) is 27.4 Å². The van der Waals surface area contributed by atoms with Gasteiger partial charge >= 0.3 is 0 Å². The third kappa shape index (κ3) is 5.80. The number of hydrogen-bond donors (Lipinski definition) is 1. The Morgan fingerprint density at radius 2 is 1.57 bits per heavy atom. The first-order chi connectivity index (χ1) is 13.5. The van der Waals surface area contributed by atoms with Gasteiger partial charge in [0.2, 0.25) is 0 Å². The van der Waals surface area contributed by atoms with Gasteiger partial charge in [0.15, 0.2) is 18.1 Å². The van der Waals surface area contributed by atoms with Crippen molar-refractivity contribution in [2.75, 3.05) is 27.9 Å². The standard InChI is InChI=1S/C20H23NO7/c1-25-14-5-7-15(8-6-14)28-12-19(22)21-16(11-20(23)24)13-4-9-17(26-2)18(10-13)27-3/h4-10,16H,11-12H2,1-3H3,(H,21,22)(H,23,24)/p-1. The summed E-state index contributed by atoms with van der Waals surface area (Å²) in [5, 5.41) is 13.8. The summed E-state index contributed by atoms with van der Waals surface area (Å²) in [6.45, 7) is -0.275. The van der Waals surface area contributed by atoms with Crippen molar-refractivity contribution in [1.82, 2.24) is 5.32 Å². The second-order valence-corrected chi connectivity index (χ2v) is 5.77. The monoisotopic (exact) mass is 388 g/mol. The summed E-state index contributed by atoms with van der Waals surface area (Å²) < 4.78 is 20.9. The molecule has 150 valence electrons. The maximum atomic E-state index is 12.3. The summed E-state index contributed by atoms with van der Waals surface area (Å²) in [7, 11) is 4.51. The summed E-state index contributed by atoms with van der Waals surface area (Å²) in [5.74, 6) is 0.297. The molecule has 1 amide bonds. The smallest absolute Gasteiger partial charge is 0.258 e. The molecule has 8 heteroatoms. The highest BCUT2D eigenvalue weighted by Gasteiger charge is 2.18. The number of nitrogens with one attached hydrogen (secondary N) is 1.